The summed E-state index contributed by atoms with van der Waals surface area (Å²) in [6, 6.07) is 17.9. The Morgan fingerprint density at radius 2 is 1.76 bits per heavy atom. The number of ether oxygens (including phenoxy) is 1. The molecule has 0 aliphatic carbocycles. The maximum atomic E-state index is 5.97. The number of benzene rings is 2. The maximum Gasteiger partial charge on any atom is 0.195 e. The molecule has 1 N–H and O–H groups in total. The summed E-state index contributed by atoms with van der Waals surface area (Å²) in [6.07, 6.45) is 0. The van der Waals surface area contributed by atoms with Gasteiger partial charge in [0.05, 0.1) is 19.8 Å². The van der Waals surface area contributed by atoms with Crippen LogP contribution in [0.3, 0.4) is 0 Å². The van der Waals surface area contributed by atoms with Crippen molar-refractivity contribution in [2.24, 2.45) is 0 Å². The van der Waals surface area contributed by atoms with Crippen LogP contribution in [0.15, 0.2) is 59.8 Å². The van der Waals surface area contributed by atoms with Gasteiger partial charge in [0.1, 0.15) is 0 Å². The van der Waals surface area contributed by atoms with E-state index in [9.17, 15) is 0 Å². The van der Waals surface area contributed by atoms with Crippen molar-refractivity contribution in [3.05, 3.63) is 65.4 Å². The van der Waals surface area contributed by atoms with Gasteiger partial charge in [-0.05, 0) is 36.4 Å². The van der Waals surface area contributed by atoms with Crippen LogP contribution in [0.4, 0.5) is 5.69 Å². The van der Waals surface area contributed by atoms with Crippen molar-refractivity contribution in [1.29, 1.82) is 0 Å². The number of anilines is 1. The molecule has 6 nitrogen and oxygen atoms in total. The molecule has 29 heavy (non-hydrogen) atoms. The van der Waals surface area contributed by atoms with Crippen LogP contribution in [-0.2, 0) is 11.3 Å². The van der Waals surface area contributed by atoms with Crippen LogP contribution < -0.4 is 5.32 Å². The van der Waals surface area contributed by atoms with Gasteiger partial charge < -0.3 is 10.1 Å². The Labute approximate surface area is 180 Å². The molecule has 2 heterocycles. The quantitative estimate of drug-likeness (QED) is 0.547. The van der Waals surface area contributed by atoms with Crippen molar-refractivity contribution in [3.63, 3.8) is 0 Å². The Morgan fingerprint density at radius 3 is 2.52 bits per heavy atom. The molecule has 8 heteroatoms. The van der Waals surface area contributed by atoms with Crippen molar-refractivity contribution in [1.82, 2.24) is 19.7 Å². The minimum Gasteiger partial charge on any atom is -0.379 e. The lowest BCUT2D eigenvalue weighted by Gasteiger charge is -2.26. The zero-order valence-electron chi connectivity index (χ0n) is 16.1. The Morgan fingerprint density at radius 1 is 1.00 bits per heavy atom. The summed E-state index contributed by atoms with van der Waals surface area (Å²) in [7, 11) is 0. The zero-order valence-corrected chi connectivity index (χ0v) is 17.7. The molecule has 0 amide bonds. The van der Waals surface area contributed by atoms with Crippen LogP contribution in [0.1, 0.15) is 5.82 Å². The van der Waals surface area contributed by atoms with Crippen LogP contribution in [-0.4, -0.2) is 58.3 Å². The van der Waals surface area contributed by atoms with Crippen LogP contribution in [0.2, 0.25) is 5.02 Å². The van der Waals surface area contributed by atoms with Crippen molar-refractivity contribution in [3.8, 4) is 5.69 Å². The van der Waals surface area contributed by atoms with Crippen LogP contribution in [0.25, 0.3) is 5.69 Å². The van der Waals surface area contributed by atoms with Gasteiger partial charge in [0.25, 0.3) is 0 Å². The smallest absolute Gasteiger partial charge is 0.195 e. The molecule has 0 unspecified atom stereocenters. The van der Waals surface area contributed by atoms with Crippen molar-refractivity contribution >= 4 is 29.1 Å². The third-order valence-electron chi connectivity index (χ3n) is 4.75. The molecule has 1 fully saturated rings. The number of nitrogens with zero attached hydrogens (tertiary/aromatic N) is 4. The van der Waals surface area contributed by atoms with Crippen molar-refractivity contribution in [2.45, 2.75) is 11.7 Å². The van der Waals surface area contributed by atoms with E-state index >= 15 is 0 Å². The number of hydrogen-bond donors (Lipinski definition) is 1. The molecule has 0 atom stereocenters. The highest BCUT2D eigenvalue weighted by atomic mass is 35.5. The fourth-order valence-electron chi connectivity index (χ4n) is 3.18. The van der Waals surface area contributed by atoms with Gasteiger partial charge in [-0.25, -0.2) is 0 Å². The molecular weight excluding hydrogens is 406 g/mol. The predicted molar refractivity (Wildman–Crippen MR) is 118 cm³/mol. The van der Waals surface area contributed by atoms with Gasteiger partial charge in [-0.1, -0.05) is 41.6 Å². The van der Waals surface area contributed by atoms with Crippen molar-refractivity contribution in [2.75, 3.05) is 43.9 Å². The van der Waals surface area contributed by atoms with E-state index in [0.717, 1.165) is 66.0 Å². The number of para-hydroxylation sites is 1. The fourth-order valence-corrected chi connectivity index (χ4v) is 4.28. The summed E-state index contributed by atoms with van der Waals surface area (Å²) in [4.78, 5) is 2.43. The second kappa shape index (κ2) is 10.1. The molecule has 4 rings (SSSR count). The highest BCUT2D eigenvalue weighted by Gasteiger charge is 2.16. The topological polar surface area (TPSA) is 55.2 Å². The Kier molecular flexibility index (Phi) is 7.05. The van der Waals surface area contributed by atoms with E-state index in [1.54, 1.807) is 11.8 Å². The van der Waals surface area contributed by atoms with Crippen LogP contribution in [0.5, 0.6) is 0 Å². The standard InChI is InChI=1S/C21H24ClN5OS/c22-17-6-8-18(9-7-17)23-16-20-24-25-21(27(20)19-4-2-1-3-5-19)29-15-12-26-10-13-28-14-11-26/h1-9,23H,10-16H2. The van der Waals surface area contributed by atoms with E-state index in [1.807, 2.05) is 42.5 Å². The first kappa shape index (κ1) is 20.2. The molecule has 0 bridgehead atoms. The van der Waals surface area contributed by atoms with E-state index in [2.05, 4.69) is 37.1 Å². The number of hydrogen-bond acceptors (Lipinski definition) is 6. The predicted octanol–water partition coefficient (Wildman–Crippen LogP) is 3.96. The zero-order chi connectivity index (χ0) is 19.9. The second-order valence-corrected chi connectivity index (χ2v) is 8.23. The van der Waals surface area contributed by atoms with Gasteiger partial charge in [-0.15, -0.1) is 10.2 Å². The monoisotopic (exact) mass is 429 g/mol. The average Bonchev–Trinajstić information content (AvgIpc) is 3.17. The normalized spacial score (nSPS) is 14.8. The van der Waals surface area contributed by atoms with Crippen LogP contribution >= 0.6 is 23.4 Å². The number of morpholine rings is 1. The number of halogens is 1. The molecule has 0 spiro atoms. The third kappa shape index (κ3) is 5.51. The summed E-state index contributed by atoms with van der Waals surface area (Å²) in [5.41, 5.74) is 2.07. The van der Waals surface area contributed by atoms with Crippen molar-refractivity contribution < 1.29 is 4.74 Å². The minimum absolute atomic E-state index is 0.577. The molecule has 1 saturated heterocycles. The lowest BCUT2D eigenvalue weighted by atomic mass is 10.3. The first-order valence-corrected chi connectivity index (χ1v) is 11.1. The van der Waals surface area contributed by atoms with Gasteiger partial charge in [-0.2, -0.15) is 0 Å². The molecule has 0 radical (unpaired) electrons. The first-order valence-electron chi connectivity index (χ1n) is 9.72. The summed E-state index contributed by atoms with van der Waals surface area (Å²) in [5.74, 6) is 1.84. The molecule has 152 valence electrons. The largest absolute Gasteiger partial charge is 0.379 e. The van der Waals surface area contributed by atoms with Gasteiger partial charge in [-0.3, -0.25) is 9.47 Å². The number of rotatable bonds is 8. The van der Waals surface area contributed by atoms with Gasteiger partial charge >= 0.3 is 0 Å². The highest BCUT2D eigenvalue weighted by Crippen LogP contribution is 2.23. The maximum absolute atomic E-state index is 5.97. The Balaban J connectivity index is 1.46. The number of thioether (sulfide) groups is 1. The average molecular weight is 430 g/mol. The van der Waals surface area contributed by atoms with Gasteiger partial charge in [0, 0.05) is 41.8 Å². The first-order chi connectivity index (χ1) is 14.3. The molecule has 1 aliphatic rings. The number of nitrogens with one attached hydrogen (secondary N) is 1. The second-order valence-electron chi connectivity index (χ2n) is 6.73. The summed E-state index contributed by atoms with van der Waals surface area (Å²) < 4.78 is 7.56. The fraction of sp³-hybridized carbons (Fsp3) is 0.333. The van der Waals surface area contributed by atoms with Gasteiger partial charge in [0.15, 0.2) is 11.0 Å². The van der Waals surface area contributed by atoms with Gasteiger partial charge in [0.2, 0.25) is 0 Å². The molecular formula is C21H24ClN5OS. The molecule has 2 aromatic carbocycles. The van der Waals surface area contributed by atoms with E-state index < -0.39 is 0 Å². The summed E-state index contributed by atoms with van der Waals surface area (Å²) >= 11 is 7.72. The molecule has 1 aromatic heterocycles. The lowest BCUT2D eigenvalue weighted by Crippen LogP contribution is -2.37. The Hall–Kier alpha value is -2.06. The van der Waals surface area contributed by atoms with E-state index in [0.29, 0.717) is 6.54 Å². The SMILES string of the molecule is Clc1ccc(NCc2nnc(SCCN3CCOCC3)n2-c2ccccc2)cc1. The minimum atomic E-state index is 0.577. The van der Waals surface area contributed by atoms with Crippen LogP contribution in [0, 0.1) is 0 Å². The molecule has 0 saturated carbocycles. The summed E-state index contributed by atoms with van der Waals surface area (Å²) in [5, 5.41) is 14.0. The summed E-state index contributed by atoms with van der Waals surface area (Å²) in [6.45, 7) is 5.25. The highest BCUT2D eigenvalue weighted by molar-refractivity contribution is 7.99. The lowest BCUT2D eigenvalue weighted by molar-refractivity contribution is 0.0410. The molecule has 3 aromatic rings. The van der Waals surface area contributed by atoms with E-state index in [-0.39, 0.29) is 0 Å². The van der Waals surface area contributed by atoms with E-state index in [4.69, 9.17) is 16.3 Å². The van der Waals surface area contributed by atoms with E-state index in [1.165, 1.54) is 0 Å². The molecule has 1 aliphatic heterocycles. The third-order valence-corrected chi connectivity index (χ3v) is 5.91. The Bertz CT molecular complexity index is 897. The number of aromatic nitrogens is 3.